The maximum atomic E-state index is 13.8. The molecule has 2 aromatic rings. The SMILES string of the molecule is Fc1c(Cl)cccc1C(Cl)Cc1ccncc1Cl. The van der Waals surface area contributed by atoms with E-state index >= 15 is 0 Å². The second-order valence-corrected chi connectivity index (χ2v) is 5.12. The summed E-state index contributed by atoms with van der Waals surface area (Å²) in [6, 6.07) is 6.54. The lowest BCUT2D eigenvalue weighted by atomic mass is 10.0. The number of hydrogen-bond donors (Lipinski definition) is 0. The van der Waals surface area contributed by atoms with Gasteiger partial charge in [-0.3, -0.25) is 4.98 Å². The fourth-order valence-electron chi connectivity index (χ4n) is 1.63. The molecule has 1 unspecified atom stereocenters. The summed E-state index contributed by atoms with van der Waals surface area (Å²) in [6.45, 7) is 0. The number of pyridine rings is 1. The van der Waals surface area contributed by atoms with Crippen LogP contribution in [0.1, 0.15) is 16.5 Å². The van der Waals surface area contributed by atoms with Crippen LogP contribution < -0.4 is 0 Å². The van der Waals surface area contributed by atoms with Gasteiger partial charge in [0.15, 0.2) is 0 Å². The average Bonchev–Trinajstić information content (AvgIpc) is 2.35. The lowest BCUT2D eigenvalue weighted by molar-refractivity contribution is 0.606. The molecule has 1 aromatic carbocycles. The molecule has 1 atom stereocenters. The van der Waals surface area contributed by atoms with Gasteiger partial charge in [0.05, 0.1) is 15.4 Å². The molecule has 0 spiro atoms. The van der Waals surface area contributed by atoms with Crippen molar-refractivity contribution in [3.8, 4) is 0 Å². The molecule has 0 amide bonds. The Hall–Kier alpha value is -0.830. The first-order chi connectivity index (χ1) is 8.59. The minimum atomic E-state index is -0.524. The molecule has 18 heavy (non-hydrogen) atoms. The number of aromatic nitrogens is 1. The van der Waals surface area contributed by atoms with E-state index in [2.05, 4.69) is 4.98 Å². The van der Waals surface area contributed by atoms with E-state index in [1.54, 1.807) is 24.4 Å². The summed E-state index contributed by atoms with van der Waals surface area (Å²) in [4.78, 5) is 3.89. The molecule has 0 radical (unpaired) electrons. The lowest BCUT2D eigenvalue weighted by Gasteiger charge is -2.12. The maximum absolute atomic E-state index is 13.8. The van der Waals surface area contributed by atoms with Crippen LogP contribution in [0.3, 0.4) is 0 Å². The molecule has 0 saturated heterocycles. The average molecular weight is 305 g/mol. The zero-order valence-corrected chi connectivity index (χ0v) is 11.5. The summed E-state index contributed by atoms with van der Waals surface area (Å²) in [6.07, 6.45) is 3.58. The van der Waals surface area contributed by atoms with Crippen LogP contribution in [-0.2, 0) is 6.42 Å². The molecular formula is C13H9Cl3FN. The van der Waals surface area contributed by atoms with Crippen molar-refractivity contribution in [3.63, 3.8) is 0 Å². The van der Waals surface area contributed by atoms with Crippen molar-refractivity contribution in [2.75, 3.05) is 0 Å². The van der Waals surface area contributed by atoms with Gasteiger partial charge in [0, 0.05) is 18.0 Å². The standard InChI is InChI=1S/C13H9Cl3FN/c14-10-3-1-2-9(13(10)17)11(15)6-8-4-5-18-7-12(8)16/h1-5,7,11H,6H2. The molecule has 0 N–H and O–H groups in total. The van der Waals surface area contributed by atoms with Crippen molar-refractivity contribution in [2.45, 2.75) is 11.8 Å². The molecule has 2 rings (SSSR count). The molecule has 94 valence electrons. The topological polar surface area (TPSA) is 12.9 Å². The van der Waals surface area contributed by atoms with Gasteiger partial charge in [-0.15, -0.1) is 11.6 Å². The molecule has 0 fully saturated rings. The van der Waals surface area contributed by atoms with Gasteiger partial charge in [-0.05, 0) is 24.1 Å². The first kappa shape index (κ1) is 13.6. The van der Waals surface area contributed by atoms with Crippen LogP contribution in [-0.4, -0.2) is 4.98 Å². The summed E-state index contributed by atoms with van der Waals surface area (Å²) in [5.74, 6) is -0.482. The van der Waals surface area contributed by atoms with E-state index in [-0.39, 0.29) is 5.02 Å². The molecular weight excluding hydrogens is 296 g/mol. The molecule has 1 aromatic heterocycles. The Bertz CT molecular complexity index is 560. The number of alkyl halides is 1. The molecule has 0 saturated carbocycles. The highest BCUT2D eigenvalue weighted by Crippen LogP contribution is 2.31. The highest BCUT2D eigenvalue weighted by molar-refractivity contribution is 6.31. The van der Waals surface area contributed by atoms with E-state index in [0.717, 1.165) is 5.56 Å². The molecule has 0 aliphatic heterocycles. The van der Waals surface area contributed by atoms with E-state index in [1.807, 2.05) is 0 Å². The predicted molar refractivity (Wildman–Crippen MR) is 73.0 cm³/mol. The fourth-order valence-corrected chi connectivity index (χ4v) is 2.35. The smallest absolute Gasteiger partial charge is 0.146 e. The number of nitrogens with zero attached hydrogens (tertiary/aromatic N) is 1. The molecule has 0 bridgehead atoms. The first-order valence-corrected chi connectivity index (χ1v) is 6.45. The Morgan fingerprint density at radius 3 is 2.67 bits per heavy atom. The van der Waals surface area contributed by atoms with Crippen molar-refractivity contribution in [1.29, 1.82) is 0 Å². The van der Waals surface area contributed by atoms with Crippen molar-refractivity contribution < 1.29 is 4.39 Å². The summed E-state index contributed by atoms with van der Waals surface area (Å²) in [7, 11) is 0. The zero-order valence-electron chi connectivity index (χ0n) is 9.21. The molecule has 1 nitrogen and oxygen atoms in total. The van der Waals surface area contributed by atoms with Gasteiger partial charge in [0.25, 0.3) is 0 Å². The largest absolute Gasteiger partial charge is 0.263 e. The Kier molecular flexibility index (Phi) is 4.44. The van der Waals surface area contributed by atoms with Crippen LogP contribution in [0.25, 0.3) is 0 Å². The Morgan fingerprint density at radius 1 is 1.17 bits per heavy atom. The van der Waals surface area contributed by atoms with Crippen LogP contribution in [0, 0.1) is 5.82 Å². The molecule has 1 heterocycles. The zero-order chi connectivity index (χ0) is 13.1. The molecule has 0 aliphatic rings. The Morgan fingerprint density at radius 2 is 1.94 bits per heavy atom. The highest BCUT2D eigenvalue weighted by atomic mass is 35.5. The van der Waals surface area contributed by atoms with Gasteiger partial charge in [-0.2, -0.15) is 0 Å². The monoisotopic (exact) mass is 303 g/mol. The van der Waals surface area contributed by atoms with E-state index < -0.39 is 11.2 Å². The quantitative estimate of drug-likeness (QED) is 0.723. The highest BCUT2D eigenvalue weighted by Gasteiger charge is 2.16. The van der Waals surface area contributed by atoms with Crippen LogP contribution in [0.15, 0.2) is 36.7 Å². The summed E-state index contributed by atoms with van der Waals surface area (Å²) in [5, 5.41) is 0.0631. The third-order valence-corrected chi connectivity index (χ3v) is 3.60. The van der Waals surface area contributed by atoms with E-state index in [1.165, 1.54) is 12.3 Å². The Labute approximate surface area is 120 Å². The number of rotatable bonds is 3. The lowest BCUT2D eigenvalue weighted by Crippen LogP contribution is -2.00. The molecule has 5 heteroatoms. The second kappa shape index (κ2) is 5.87. The van der Waals surface area contributed by atoms with E-state index in [9.17, 15) is 4.39 Å². The first-order valence-electron chi connectivity index (χ1n) is 5.26. The second-order valence-electron chi connectivity index (χ2n) is 3.78. The summed E-state index contributed by atoms with van der Waals surface area (Å²) >= 11 is 17.9. The van der Waals surface area contributed by atoms with E-state index in [4.69, 9.17) is 34.8 Å². The van der Waals surface area contributed by atoms with Gasteiger partial charge in [-0.25, -0.2) is 4.39 Å². The van der Waals surface area contributed by atoms with Crippen LogP contribution in [0.5, 0.6) is 0 Å². The number of halogens is 4. The van der Waals surface area contributed by atoms with E-state index in [0.29, 0.717) is 17.0 Å². The third-order valence-electron chi connectivity index (χ3n) is 2.57. The Balaban J connectivity index is 2.25. The number of hydrogen-bond acceptors (Lipinski definition) is 1. The minimum Gasteiger partial charge on any atom is -0.263 e. The van der Waals surface area contributed by atoms with Crippen LogP contribution in [0.2, 0.25) is 10.0 Å². The maximum Gasteiger partial charge on any atom is 0.146 e. The van der Waals surface area contributed by atoms with Crippen molar-refractivity contribution in [2.24, 2.45) is 0 Å². The van der Waals surface area contributed by atoms with Crippen molar-refractivity contribution >= 4 is 34.8 Å². The van der Waals surface area contributed by atoms with Gasteiger partial charge in [-0.1, -0.05) is 35.3 Å². The normalized spacial score (nSPS) is 12.4. The summed E-state index contributed by atoms with van der Waals surface area (Å²) in [5.41, 5.74) is 1.20. The van der Waals surface area contributed by atoms with Gasteiger partial charge in [0.1, 0.15) is 5.82 Å². The predicted octanol–water partition coefficient (Wildman–Crippen LogP) is 5.05. The van der Waals surface area contributed by atoms with Crippen LogP contribution >= 0.6 is 34.8 Å². The van der Waals surface area contributed by atoms with Gasteiger partial charge >= 0.3 is 0 Å². The summed E-state index contributed by atoms with van der Waals surface area (Å²) < 4.78 is 13.8. The van der Waals surface area contributed by atoms with Crippen molar-refractivity contribution in [1.82, 2.24) is 4.98 Å². The third kappa shape index (κ3) is 2.94. The van der Waals surface area contributed by atoms with Gasteiger partial charge < -0.3 is 0 Å². The molecule has 0 aliphatic carbocycles. The number of benzene rings is 1. The minimum absolute atomic E-state index is 0.0685. The van der Waals surface area contributed by atoms with Crippen molar-refractivity contribution in [3.05, 3.63) is 63.6 Å². The van der Waals surface area contributed by atoms with Gasteiger partial charge in [0.2, 0.25) is 0 Å². The fraction of sp³-hybridized carbons (Fsp3) is 0.154. The van der Waals surface area contributed by atoms with Crippen LogP contribution in [0.4, 0.5) is 4.39 Å².